The number of piperidine rings is 1. The summed E-state index contributed by atoms with van der Waals surface area (Å²) in [6.07, 6.45) is 3.24. The van der Waals surface area contributed by atoms with Crippen molar-refractivity contribution >= 4 is 10.0 Å². The van der Waals surface area contributed by atoms with Crippen LogP contribution in [0.25, 0.3) is 0 Å². The minimum absolute atomic E-state index is 0.0284. The van der Waals surface area contributed by atoms with Crippen molar-refractivity contribution in [1.29, 1.82) is 0 Å². The molecule has 2 aliphatic rings. The van der Waals surface area contributed by atoms with Crippen LogP contribution >= 0.6 is 0 Å². The van der Waals surface area contributed by atoms with Crippen molar-refractivity contribution in [3.05, 3.63) is 0 Å². The number of rotatable bonds is 5. The van der Waals surface area contributed by atoms with Crippen LogP contribution in [0.5, 0.6) is 0 Å². The van der Waals surface area contributed by atoms with Crippen molar-refractivity contribution in [2.45, 2.75) is 37.0 Å². The van der Waals surface area contributed by atoms with Gasteiger partial charge in [0.15, 0.2) is 0 Å². The van der Waals surface area contributed by atoms with Crippen molar-refractivity contribution in [3.8, 4) is 0 Å². The van der Waals surface area contributed by atoms with Crippen LogP contribution in [0.3, 0.4) is 0 Å². The Morgan fingerprint density at radius 3 is 2.31 bits per heavy atom. The molecule has 5 nitrogen and oxygen atoms in total. The van der Waals surface area contributed by atoms with Gasteiger partial charge in [0, 0.05) is 13.1 Å². The maximum Gasteiger partial charge on any atom is 0.216 e. The Kier molecular flexibility index (Phi) is 3.84. The molecule has 0 unspecified atom stereocenters. The molecular formula is C10H19NO4S. The molecule has 0 aromatic heterocycles. The Hall–Kier alpha value is -0.170. The summed E-state index contributed by atoms with van der Waals surface area (Å²) in [6.45, 7) is 1.50. The summed E-state index contributed by atoms with van der Waals surface area (Å²) < 4.78 is 30.8. The van der Waals surface area contributed by atoms with E-state index in [2.05, 4.69) is 0 Å². The first kappa shape index (κ1) is 12.3. The Balaban J connectivity index is 1.80. The van der Waals surface area contributed by atoms with Crippen molar-refractivity contribution in [3.63, 3.8) is 0 Å². The first-order valence-electron chi connectivity index (χ1n) is 5.86. The van der Waals surface area contributed by atoms with E-state index in [0.29, 0.717) is 19.7 Å². The van der Waals surface area contributed by atoms with E-state index >= 15 is 0 Å². The fourth-order valence-corrected chi connectivity index (χ4v) is 3.92. The lowest BCUT2D eigenvalue weighted by molar-refractivity contribution is 0.00317. The van der Waals surface area contributed by atoms with Gasteiger partial charge in [0.1, 0.15) is 0 Å². The molecular weight excluding hydrogens is 230 g/mol. The molecule has 1 N–H and O–H groups in total. The highest BCUT2D eigenvalue weighted by atomic mass is 32.2. The SMILES string of the molecule is O=S(=O)(C1CC1)N1CCC(OCCO)CC1. The second-order valence-corrected chi connectivity index (χ2v) is 6.65. The van der Waals surface area contributed by atoms with E-state index < -0.39 is 10.0 Å². The minimum Gasteiger partial charge on any atom is -0.394 e. The van der Waals surface area contributed by atoms with Crippen molar-refractivity contribution in [1.82, 2.24) is 4.31 Å². The zero-order valence-corrected chi connectivity index (χ0v) is 10.2. The summed E-state index contributed by atoms with van der Waals surface area (Å²) in [4.78, 5) is 0. The summed E-state index contributed by atoms with van der Waals surface area (Å²) in [6, 6.07) is 0. The molecule has 0 amide bonds. The van der Waals surface area contributed by atoms with Crippen molar-refractivity contribution in [2.24, 2.45) is 0 Å². The third-order valence-corrected chi connectivity index (χ3v) is 5.55. The predicted molar refractivity (Wildman–Crippen MR) is 59.6 cm³/mol. The van der Waals surface area contributed by atoms with Gasteiger partial charge in [-0.15, -0.1) is 0 Å². The van der Waals surface area contributed by atoms with E-state index in [-0.39, 0.29) is 18.0 Å². The average molecular weight is 249 g/mol. The molecule has 0 aromatic rings. The average Bonchev–Trinajstić information content (AvgIpc) is 3.11. The van der Waals surface area contributed by atoms with E-state index in [4.69, 9.17) is 9.84 Å². The lowest BCUT2D eigenvalue weighted by Crippen LogP contribution is -2.42. The molecule has 0 aromatic carbocycles. The highest BCUT2D eigenvalue weighted by Gasteiger charge is 2.41. The molecule has 1 saturated carbocycles. The molecule has 1 saturated heterocycles. The fraction of sp³-hybridized carbons (Fsp3) is 1.00. The number of hydrogen-bond acceptors (Lipinski definition) is 4. The van der Waals surface area contributed by atoms with Gasteiger partial charge in [-0.3, -0.25) is 0 Å². The molecule has 0 atom stereocenters. The van der Waals surface area contributed by atoms with Gasteiger partial charge < -0.3 is 9.84 Å². The third-order valence-electron chi connectivity index (χ3n) is 3.15. The van der Waals surface area contributed by atoms with E-state index in [0.717, 1.165) is 25.7 Å². The number of aliphatic hydroxyl groups is 1. The second kappa shape index (κ2) is 5.00. The van der Waals surface area contributed by atoms with Gasteiger partial charge in [-0.2, -0.15) is 0 Å². The normalized spacial score (nSPS) is 24.8. The molecule has 0 radical (unpaired) electrons. The summed E-state index contributed by atoms with van der Waals surface area (Å²) in [5, 5.41) is 8.52. The summed E-state index contributed by atoms with van der Waals surface area (Å²) in [7, 11) is -3.00. The Morgan fingerprint density at radius 1 is 1.19 bits per heavy atom. The van der Waals surface area contributed by atoms with Gasteiger partial charge in [0.25, 0.3) is 0 Å². The molecule has 0 spiro atoms. The topological polar surface area (TPSA) is 66.8 Å². The Labute approximate surface area is 96.4 Å². The first-order valence-corrected chi connectivity index (χ1v) is 7.36. The van der Waals surface area contributed by atoms with Gasteiger partial charge in [0.2, 0.25) is 10.0 Å². The van der Waals surface area contributed by atoms with Crippen LogP contribution in [-0.2, 0) is 14.8 Å². The van der Waals surface area contributed by atoms with Crippen LogP contribution in [0.2, 0.25) is 0 Å². The third kappa shape index (κ3) is 2.74. The van der Waals surface area contributed by atoms with Crippen LogP contribution < -0.4 is 0 Å². The van der Waals surface area contributed by atoms with Crippen LogP contribution in [0.15, 0.2) is 0 Å². The molecule has 6 heteroatoms. The van der Waals surface area contributed by atoms with Gasteiger partial charge in [-0.05, 0) is 25.7 Å². The lowest BCUT2D eigenvalue weighted by atomic mass is 10.1. The molecule has 0 bridgehead atoms. The first-order chi connectivity index (χ1) is 7.64. The molecule has 1 aliphatic carbocycles. The maximum atomic E-state index is 11.9. The molecule has 94 valence electrons. The minimum atomic E-state index is -3.00. The van der Waals surface area contributed by atoms with E-state index in [1.54, 1.807) is 4.31 Å². The molecule has 2 rings (SSSR count). The number of ether oxygens (including phenoxy) is 1. The standard InChI is InChI=1S/C10H19NO4S/c12-7-8-15-9-3-5-11(6-4-9)16(13,14)10-1-2-10/h9-10,12H,1-8H2. The Morgan fingerprint density at radius 2 is 1.81 bits per heavy atom. The number of nitrogens with zero attached hydrogens (tertiary/aromatic N) is 1. The van der Waals surface area contributed by atoms with Gasteiger partial charge in [0.05, 0.1) is 24.6 Å². The molecule has 1 heterocycles. The molecule has 2 fully saturated rings. The van der Waals surface area contributed by atoms with Gasteiger partial charge in [-0.1, -0.05) is 0 Å². The zero-order chi connectivity index (χ0) is 11.6. The van der Waals surface area contributed by atoms with E-state index in [1.807, 2.05) is 0 Å². The molecule has 16 heavy (non-hydrogen) atoms. The monoisotopic (exact) mass is 249 g/mol. The van der Waals surface area contributed by atoms with Crippen LogP contribution in [0.4, 0.5) is 0 Å². The largest absolute Gasteiger partial charge is 0.394 e. The smallest absolute Gasteiger partial charge is 0.216 e. The zero-order valence-electron chi connectivity index (χ0n) is 9.34. The van der Waals surface area contributed by atoms with Crippen molar-refractivity contribution in [2.75, 3.05) is 26.3 Å². The number of hydrogen-bond donors (Lipinski definition) is 1. The number of sulfonamides is 1. The lowest BCUT2D eigenvalue weighted by Gasteiger charge is -2.31. The van der Waals surface area contributed by atoms with Crippen LogP contribution in [0.1, 0.15) is 25.7 Å². The van der Waals surface area contributed by atoms with Crippen LogP contribution in [-0.4, -0.2) is 55.5 Å². The summed E-state index contributed by atoms with van der Waals surface area (Å²) in [5.41, 5.74) is 0. The fourth-order valence-electron chi connectivity index (χ4n) is 2.05. The highest BCUT2D eigenvalue weighted by molar-refractivity contribution is 7.90. The highest BCUT2D eigenvalue weighted by Crippen LogP contribution is 2.32. The van der Waals surface area contributed by atoms with Gasteiger partial charge >= 0.3 is 0 Å². The maximum absolute atomic E-state index is 11.9. The molecule has 1 aliphatic heterocycles. The number of aliphatic hydroxyl groups excluding tert-OH is 1. The summed E-state index contributed by atoms with van der Waals surface area (Å²) in [5.74, 6) is 0. The Bertz CT molecular complexity index is 318. The second-order valence-electron chi connectivity index (χ2n) is 4.44. The van der Waals surface area contributed by atoms with Crippen LogP contribution in [0, 0.1) is 0 Å². The quantitative estimate of drug-likeness (QED) is 0.742. The predicted octanol–water partition coefficient (Wildman–Crippen LogP) is -0.0481. The van der Waals surface area contributed by atoms with E-state index in [1.165, 1.54) is 0 Å². The van der Waals surface area contributed by atoms with Gasteiger partial charge in [-0.25, -0.2) is 12.7 Å². The van der Waals surface area contributed by atoms with Crippen molar-refractivity contribution < 1.29 is 18.3 Å². The van der Waals surface area contributed by atoms with E-state index in [9.17, 15) is 8.42 Å². The summed E-state index contributed by atoms with van der Waals surface area (Å²) >= 11 is 0.